The average molecular weight is 154 g/mol. The quantitative estimate of drug-likeness (QED) is 0.590. The third-order valence-corrected chi connectivity index (χ3v) is 1.21. The zero-order chi connectivity index (χ0) is 8.43. The highest BCUT2D eigenvalue weighted by Crippen LogP contribution is 1.89. The molecule has 0 saturated carbocycles. The number of hydrogen-bond acceptors (Lipinski definition) is 3. The Labute approximate surface area is 61.9 Å². The van der Waals surface area contributed by atoms with E-state index in [1.807, 2.05) is 0 Å². The molecule has 58 valence electrons. The Bertz CT molecular complexity index is 342. The van der Waals surface area contributed by atoms with Gasteiger partial charge in [-0.1, -0.05) is 0 Å². The summed E-state index contributed by atoms with van der Waals surface area (Å²) < 4.78 is 1.06. The monoisotopic (exact) mass is 154 g/mol. The highest BCUT2D eigenvalue weighted by atomic mass is 16.4. The van der Waals surface area contributed by atoms with Crippen LogP contribution in [0, 0.1) is 0 Å². The van der Waals surface area contributed by atoms with Crippen molar-refractivity contribution in [1.82, 2.24) is 9.78 Å². The molecular formula is C6H6N2O3. The maximum atomic E-state index is 10.8. The number of rotatable bonds is 1. The Balaban J connectivity index is 3.26. The van der Waals surface area contributed by atoms with Gasteiger partial charge in [0, 0.05) is 13.1 Å². The first-order chi connectivity index (χ1) is 5.11. The first-order valence-corrected chi connectivity index (χ1v) is 2.88. The van der Waals surface area contributed by atoms with E-state index in [1.54, 1.807) is 0 Å². The fourth-order valence-electron chi connectivity index (χ4n) is 0.586. The molecule has 0 aliphatic rings. The molecule has 0 aromatic carbocycles. The maximum absolute atomic E-state index is 10.8. The summed E-state index contributed by atoms with van der Waals surface area (Å²) in [6, 6.07) is 1.02. The second-order valence-electron chi connectivity index (χ2n) is 2.01. The highest BCUT2D eigenvalue weighted by Gasteiger charge is 2.03. The third kappa shape index (κ3) is 1.43. The predicted molar refractivity (Wildman–Crippen MR) is 36.4 cm³/mol. The summed E-state index contributed by atoms with van der Waals surface area (Å²) in [5, 5.41) is 11.9. The second-order valence-corrected chi connectivity index (χ2v) is 2.01. The van der Waals surface area contributed by atoms with Crippen LogP contribution in [0.4, 0.5) is 0 Å². The van der Waals surface area contributed by atoms with Gasteiger partial charge in [-0.15, -0.1) is 0 Å². The summed E-state index contributed by atoms with van der Waals surface area (Å²) in [6.07, 6.45) is 1.13. The summed E-state index contributed by atoms with van der Waals surface area (Å²) in [6.45, 7) is 0. The summed E-state index contributed by atoms with van der Waals surface area (Å²) in [5.41, 5.74) is -0.516. The highest BCUT2D eigenvalue weighted by molar-refractivity contribution is 5.86. The van der Waals surface area contributed by atoms with Crippen molar-refractivity contribution in [3.8, 4) is 0 Å². The molecule has 0 saturated heterocycles. The largest absolute Gasteiger partial charge is 0.478 e. The average Bonchev–Trinajstić information content (AvgIpc) is 1.94. The first-order valence-electron chi connectivity index (χ1n) is 2.88. The second kappa shape index (κ2) is 2.53. The lowest BCUT2D eigenvalue weighted by Crippen LogP contribution is -2.20. The Morgan fingerprint density at radius 3 is 2.82 bits per heavy atom. The Hall–Kier alpha value is -1.65. The van der Waals surface area contributed by atoms with Gasteiger partial charge in [0.15, 0.2) is 0 Å². The van der Waals surface area contributed by atoms with Crippen LogP contribution in [-0.4, -0.2) is 20.9 Å². The zero-order valence-electron chi connectivity index (χ0n) is 5.81. The molecule has 1 heterocycles. The van der Waals surface area contributed by atoms with E-state index in [0.29, 0.717) is 0 Å². The van der Waals surface area contributed by atoms with Gasteiger partial charge in [0.2, 0.25) is 0 Å². The molecule has 0 atom stereocenters. The molecule has 0 bridgehead atoms. The number of aromatic carboxylic acids is 1. The Morgan fingerprint density at radius 2 is 2.36 bits per heavy atom. The van der Waals surface area contributed by atoms with E-state index in [2.05, 4.69) is 5.10 Å². The molecular weight excluding hydrogens is 148 g/mol. The third-order valence-electron chi connectivity index (χ3n) is 1.21. The molecule has 1 aromatic rings. The Morgan fingerprint density at radius 1 is 1.73 bits per heavy atom. The predicted octanol–water partition coefficient (Wildman–Crippen LogP) is -0.521. The Kier molecular flexibility index (Phi) is 1.72. The van der Waals surface area contributed by atoms with Crippen molar-refractivity contribution in [2.75, 3.05) is 0 Å². The van der Waals surface area contributed by atoms with E-state index in [9.17, 15) is 9.59 Å². The van der Waals surface area contributed by atoms with Crippen LogP contribution in [0.1, 0.15) is 10.4 Å². The lowest BCUT2D eigenvalue weighted by atomic mass is 10.3. The molecule has 0 amide bonds. The molecule has 5 nitrogen and oxygen atoms in total. The fraction of sp³-hybridized carbons (Fsp3) is 0.167. The number of aromatic nitrogens is 2. The van der Waals surface area contributed by atoms with E-state index in [1.165, 1.54) is 7.05 Å². The standard InChI is InChI=1S/C6H6N2O3/c1-8-5(9)2-4(3-7-8)6(10)11/h2-3H,1H3,(H,10,11). The summed E-state index contributed by atoms with van der Waals surface area (Å²) in [5.74, 6) is -1.14. The van der Waals surface area contributed by atoms with Crippen LogP contribution in [0.3, 0.4) is 0 Å². The van der Waals surface area contributed by atoms with Crippen molar-refractivity contribution in [1.29, 1.82) is 0 Å². The van der Waals surface area contributed by atoms with Gasteiger partial charge in [-0.25, -0.2) is 9.48 Å². The minimum Gasteiger partial charge on any atom is -0.478 e. The van der Waals surface area contributed by atoms with E-state index in [4.69, 9.17) is 5.11 Å². The van der Waals surface area contributed by atoms with Crippen molar-refractivity contribution in [3.63, 3.8) is 0 Å². The van der Waals surface area contributed by atoms with E-state index in [-0.39, 0.29) is 5.56 Å². The van der Waals surface area contributed by atoms with Gasteiger partial charge >= 0.3 is 5.97 Å². The summed E-state index contributed by atoms with van der Waals surface area (Å²) in [7, 11) is 1.45. The molecule has 0 spiro atoms. The SMILES string of the molecule is Cn1ncc(C(=O)O)cc1=O. The smallest absolute Gasteiger partial charge is 0.337 e. The molecule has 0 aliphatic heterocycles. The van der Waals surface area contributed by atoms with Crippen LogP contribution in [0.25, 0.3) is 0 Å². The van der Waals surface area contributed by atoms with Gasteiger partial charge in [0.05, 0.1) is 11.8 Å². The molecule has 0 radical (unpaired) electrons. The fourth-order valence-corrected chi connectivity index (χ4v) is 0.586. The number of aryl methyl sites for hydroxylation is 1. The van der Waals surface area contributed by atoms with Crippen LogP contribution < -0.4 is 5.56 Å². The van der Waals surface area contributed by atoms with Crippen molar-refractivity contribution >= 4 is 5.97 Å². The van der Waals surface area contributed by atoms with Gasteiger partial charge in [0.1, 0.15) is 0 Å². The van der Waals surface area contributed by atoms with Crippen molar-refractivity contribution < 1.29 is 9.90 Å². The maximum Gasteiger partial charge on any atom is 0.337 e. The van der Waals surface area contributed by atoms with Gasteiger partial charge in [0.25, 0.3) is 5.56 Å². The summed E-state index contributed by atoms with van der Waals surface area (Å²) >= 11 is 0. The number of carboxylic acid groups (broad SMARTS) is 1. The topological polar surface area (TPSA) is 72.2 Å². The van der Waals surface area contributed by atoms with E-state index >= 15 is 0 Å². The minimum atomic E-state index is -1.14. The van der Waals surface area contributed by atoms with Crippen molar-refractivity contribution in [2.24, 2.45) is 7.05 Å². The minimum absolute atomic E-state index is 0.0897. The molecule has 0 aliphatic carbocycles. The lowest BCUT2D eigenvalue weighted by Gasteiger charge is -1.94. The number of nitrogens with zero attached hydrogens (tertiary/aromatic N) is 2. The number of hydrogen-bond donors (Lipinski definition) is 1. The van der Waals surface area contributed by atoms with Gasteiger partial charge in [-0.2, -0.15) is 5.10 Å². The van der Waals surface area contributed by atoms with E-state index < -0.39 is 11.5 Å². The van der Waals surface area contributed by atoms with Crippen LogP contribution in [0.15, 0.2) is 17.1 Å². The molecule has 11 heavy (non-hydrogen) atoms. The van der Waals surface area contributed by atoms with Crippen molar-refractivity contribution in [3.05, 3.63) is 28.2 Å². The van der Waals surface area contributed by atoms with Gasteiger partial charge in [-0.3, -0.25) is 4.79 Å². The summed E-state index contributed by atoms with van der Waals surface area (Å²) in [4.78, 5) is 21.1. The van der Waals surface area contributed by atoms with E-state index in [0.717, 1.165) is 16.9 Å². The molecule has 1 N–H and O–H groups in total. The van der Waals surface area contributed by atoms with Gasteiger partial charge < -0.3 is 5.11 Å². The lowest BCUT2D eigenvalue weighted by molar-refractivity contribution is 0.0696. The normalized spacial score (nSPS) is 9.55. The van der Waals surface area contributed by atoms with Gasteiger partial charge in [-0.05, 0) is 0 Å². The van der Waals surface area contributed by atoms with Crippen molar-refractivity contribution in [2.45, 2.75) is 0 Å². The van der Waals surface area contributed by atoms with Crippen LogP contribution in [-0.2, 0) is 7.05 Å². The molecule has 0 unspecified atom stereocenters. The number of carbonyl (C=O) groups is 1. The molecule has 1 rings (SSSR count). The van der Waals surface area contributed by atoms with Crippen LogP contribution >= 0.6 is 0 Å². The zero-order valence-corrected chi connectivity index (χ0v) is 5.81. The first kappa shape index (κ1) is 7.46. The van der Waals surface area contributed by atoms with Crippen LogP contribution in [0.2, 0.25) is 0 Å². The number of carboxylic acids is 1. The molecule has 0 fully saturated rings. The molecule has 5 heteroatoms. The van der Waals surface area contributed by atoms with Crippen LogP contribution in [0.5, 0.6) is 0 Å². The molecule has 1 aromatic heterocycles.